The van der Waals surface area contributed by atoms with Gasteiger partial charge in [-0.3, -0.25) is 4.79 Å². The van der Waals surface area contributed by atoms with Gasteiger partial charge >= 0.3 is 0 Å². The van der Waals surface area contributed by atoms with Gasteiger partial charge in [-0.25, -0.2) is 17.1 Å². The number of hydrogen-bond donors (Lipinski definition) is 0. The van der Waals surface area contributed by atoms with Crippen LogP contribution in [0.25, 0.3) is 0 Å². The van der Waals surface area contributed by atoms with Crippen LogP contribution in [0.5, 0.6) is 0 Å². The number of likely N-dealkylation sites (tertiary alicyclic amines) is 1. The van der Waals surface area contributed by atoms with E-state index in [1.165, 1.54) is 22.7 Å². The summed E-state index contributed by atoms with van der Waals surface area (Å²) in [5, 5.41) is 0. The molecule has 0 N–H and O–H groups in total. The molecule has 2 fully saturated rings. The zero-order valence-electron chi connectivity index (χ0n) is 13.9. The minimum absolute atomic E-state index is 0.0890. The van der Waals surface area contributed by atoms with Crippen molar-refractivity contribution in [1.82, 2.24) is 9.21 Å². The molecule has 0 atom stereocenters. The molecule has 3 rings (SSSR count). The molecule has 7 heteroatoms. The van der Waals surface area contributed by atoms with Crippen LogP contribution in [0.15, 0.2) is 24.3 Å². The maximum absolute atomic E-state index is 13.4. The van der Waals surface area contributed by atoms with Crippen LogP contribution in [0.3, 0.4) is 0 Å². The van der Waals surface area contributed by atoms with Gasteiger partial charge in [0.1, 0.15) is 5.82 Å². The van der Waals surface area contributed by atoms with Crippen LogP contribution in [-0.4, -0.2) is 49.4 Å². The van der Waals surface area contributed by atoms with Crippen molar-refractivity contribution in [2.45, 2.75) is 32.2 Å². The van der Waals surface area contributed by atoms with E-state index in [-0.39, 0.29) is 11.7 Å². The number of hydrogen-bond acceptors (Lipinski definition) is 3. The zero-order valence-corrected chi connectivity index (χ0v) is 14.7. The molecular weight excluding hydrogens is 331 g/mol. The average Bonchev–Trinajstić information content (AvgIpc) is 2.52. The van der Waals surface area contributed by atoms with Gasteiger partial charge in [0.2, 0.25) is 15.9 Å². The second-order valence-corrected chi connectivity index (χ2v) is 8.88. The number of benzene rings is 1. The largest absolute Gasteiger partial charge is 0.338 e. The lowest BCUT2D eigenvalue weighted by Gasteiger charge is -2.46. The Morgan fingerprint density at radius 2 is 1.88 bits per heavy atom. The van der Waals surface area contributed by atoms with Crippen LogP contribution in [0.1, 0.15) is 31.2 Å². The molecule has 0 saturated carbocycles. The van der Waals surface area contributed by atoms with E-state index in [2.05, 4.69) is 0 Å². The number of halogens is 1. The maximum atomic E-state index is 13.4. The Morgan fingerprint density at radius 1 is 1.17 bits per heavy atom. The molecule has 1 amide bonds. The van der Waals surface area contributed by atoms with E-state index in [9.17, 15) is 17.6 Å². The van der Waals surface area contributed by atoms with Crippen LogP contribution >= 0.6 is 0 Å². The van der Waals surface area contributed by atoms with Gasteiger partial charge in [-0.1, -0.05) is 12.1 Å². The van der Waals surface area contributed by atoms with Gasteiger partial charge in [0.25, 0.3) is 0 Å². The number of piperidine rings is 2. The van der Waals surface area contributed by atoms with Gasteiger partial charge in [-0.05, 0) is 43.4 Å². The van der Waals surface area contributed by atoms with E-state index < -0.39 is 15.4 Å². The molecule has 2 heterocycles. The van der Waals surface area contributed by atoms with Gasteiger partial charge in [0.05, 0.1) is 11.7 Å². The third-order valence-electron chi connectivity index (χ3n) is 5.24. The molecule has 1 spiro atoms. The molecule has 2 saturated heterocycles. The van der Waals surface area contributed by atoms with Crippen molar-refractivity contribution in [1.29, 1.82) is 0 Å². The summed E-state index contributed by atoms with van der Waals surface area (Å²) < 4.78 is 38.2. The normalized spacial score (nSPS) is 22.1. The van der Waals surface area contributed by atoms with E-state index in [0.717, 1.165) is 18.4 Å². The third-order valence-corrected chi connectivity index (χ3v) is 6.54. The average molecular weight is 354 g/mol. The van der Waals surface area contributed by atoms with Gasteiger partial charge in [-0.2, -0.15) is 0 Å². The van der Waals surface area contributed by atoms with Crippen LogP contribution in [0.4, 0.5) is 4.39 Å². The van der Waals surface area contributed by atoms with E-state index in [1.54, 1.807) is 11.0 Å². The molecule has 0 radical (unpaired) electrons. The fourth-order valence-electron chi connectivity index (χ4n) is 3.87. The Balaban J connectivity index is 1.71. The first kappa shape index (κ1) is 17.4. The Morgan fingerprint density at radius 3 is 2.50 bits per heavy atom. The fraction of sp³-hybridized carbons (Fsp3) is 0.588. The van der Waals surface area contributed by atoms with E-state index in [0.29, 0.717) is 39.0 Å². The second-order valence-electron chi connectivity index (χ2n) is 6.90. The van der Waals surface area contributed by atoms with Crippen LogP contribution < -0.4 is 0 Å². The quantitative estimate of drug-likeness (QED) is 0.834. The van der Waals surface area contributed by atoms with Crippen molar-refractivity contribution >= 4 is 15.9 Å². The van der Waals surface area contributed by atoms with Crippen molar-refractivity contribution in [3.05, 3.63) is 35.6 Å². The number of carbonyl (C=O) groups excluding carboxylic acids is 1. The first-order chi connectivity index (χ1) is 11.3. The summed E-state index contributed by atoms with van der Waals surface area (Å²) in [4.78, 5) is 14.8. The fourth-order valence-corrected chi connectivity index (χ4v) is 4.71. The van der Waals surface area contributed by atoms with Crippen molar-refractivity contribution in [2.24, 2.45) is 5.41 Å². The Labute approximate surface area is 142 Å². The zero-order chi connectivity index (χ0) is 17.4. The van der Waals surface area contributed by atoms with Gasteiger partial charge in [0.15, 0.2) is 0 Å². The van der Waals surface area contributed by atoms with Crippen molar-refractivity contribution in [2.75, 3.05) is 25.9 Å². The predicted octanol–water partition coefficient (Wildman–Crippen LogP) is 1.99. The Bertz CT molecular complexity index is 727. The van der Waals surface area contributed by atoms with Gasteiger partial charge in [0, 0.05) is 26.2 Å². The van der Waals surface area contributed by atoms with Crippen LogP contribution in [0.2, 0.25) is 0 Å². The van der Waals surface area contributed by atoms with Crippen LogP contribution in [-0.2, 0) is 21.4 Å². The van der Waals surface area contributed by atoms with E-state index >= 15 is 0 Å². The van der Waals surface area contributed by atoms with Crippen molar-refractivity contribution in [3.8, 4) is 0 Å². The lowest BCUT2D eigenvalue weighted by molar-refractivity contribution is -0.150. The lowest BCUT2D eigenvalue weighted by Crippen LogP contribution is -2.53. The molecule has 24 heavy (non-hydrogen) atoms. The lowest BCUT2D eigenvalue weighted by atomic mass is 9.72. The SMILES string of the molecule is CS(=O)(=O)N1CCC2(CCCN(Cc3cccc(F)c3)C2=O)CC1. The molecule has 0 aromatic heterocycles. The minimum Gasteiger partial charge on any atom is -0.338 e. The molecule has 0 bridgehead atoms. The first-order valence-corrected chi connectivity index (χ1v) is 10.1. The standard InChI is InChI=1S/C17H23FN2O3S/c1-24(22,23)20-10-7-17(8-11-20)6-3-9-19(16(17)21)13-14-4-2-5-15(18)12-14/h2,4-5,12H,3,6-11,13H2,1H3. The third kappa shape index (κ3) is 3.47. The van der Waals surface area contributed by atoms with E-state index in [1.807, 2.05) is 6.07 Å². The summed E-state index contributed by atoms with van der Waals surface area (Å²) in [6.45, 7) is 1.89. The summed E-state index contributed by atoms with van der Waals surface area (Å²) in [6, 6.07) is 6.33. The summed E-state index contributed by atoms with van der Waals surface area (Å²) in [6.07, 6.45) is 4.06. The molecule has 1 aromatic carbocycles. The molecule has 132 valence electrons. The monoisotopic (exact) mass is 354 g/mol. The number of nitrogens with zero attached hydrogens (tertiary/aromatic N) is 2. The molecule has 2 aliphatic heterocycles. The molecule has 1 aromatic rings. The number of carbonyl (C=O) groups is 1. The van der Waals surface area contributed by atoms with Crippen molar-refractivity contribution in [3.63, 3.8) is 0 Å². The highest BCUT2D eigenvalue weighted by Crippen LogP contribution is 2.41. The molecule has 0 aliphatic carbocycles. The summed E-state index contributed by atoms with van der Waals surface area (Å²) in [5.41, 5.74) is 0.334. The molecule has 0 unspecified atom stereocenters. The predicted molar refractivity (Wildman–Crippen MR) is 89.1 cm³/mol. The number of amides is 1. The summed E-state index contributed by atoms with van der Waals surface area (Å²) in [7, 11) is -3.20. The van der Waals surface area contributed by atoms with Crippen molar-refractivity contribution < 1.29 is 17.6 Å². The highest BCUT2D eigenvalue weighted by Gasteiger charge is 2.46. The maximum Gasteiger partial charge on any atom is 0.229 e. The highest BCUT2D eigenvalue weighted by atomic mass is 32.2. The van der Waals surface area contributed by atoms with Gasteiger partial charge < -0.3 is 4.90 Å². The summed E-state index contributed by atoms with van der Waals surface area (Å²) >= 11 is 0. The highest BCUT2D eigenvalue weighted by molar-refractivity contribution is 7.88. The van der Waals surface area contributed by atoms with E-state index in [4.69, 9.17) is 0 Å². The molecule has 2 aliphatic rings. The van der Waals surface area contributed by atoms with Gasteiger partial charge in [-0.15, -0.1) is 0 Å². The number of sulfonamides is 1. The summed E-state index contributed by atoms with van der Waals surface area (Å²) in [5.74, 6) is -0.209. The molecule has 5 nitrogen and oxygen atoms in total. The first-order valence-electron chi connectivity index (χ1n) is 8.29. The molecular formula is C17H23FN2O3S. The number of rotatable bonds is 3. The topological polar surface area (TPSA) is 57.7 Å². The Kier molecular flexibility index (Phi) is 4.66. The minimum atomic E-state index is -3.20. The second kappa shape index (κ2) is 6.44. The smallest absolute Gasteiger partial charge is 0.229 e. The Hall–Kier alpha value is -1.47. The van der Waals surface area contributed by atoms with Crippen LogP contribution in [0, 0.1) is 11.2 Å².